The van der Waals surface area contributed by atoms with E-state index in [1.54, 1.807) is 12.1 Å². The summed E-state index contributed by atoms with van der Waals surface area (Å²) in [5.74, 6) is 0. The van der Waals surface area contributed by atoms with Crippen LogP contribution in [0, 0.1) is 0 Å². The molecule has 2 N–H and O–H groups in total. The van der Waals surface area contributed by atoms with Gasteiger partial charge in [-0.25, -0.2) is 0 Å². The summed E-state index contributed by atoms with van der Waals surface area (Å²) in [4.78, 5) is 0.164. The molecule has 0 saturated carbocycles. The molecule has 0 unspecified atom stereocenters. The molecule has 0 aliphatic heterocycles. The van der Waals surface area contributed by atoms with E-state index in [0.29, 0.717) is 6.54 Å². The van der Waals surface area contributed by atoms with E-state index < -0.39 is 10.0 Å². The minimum atomic E-state index is -3.69. The molecule has 0 bridgehead atoms. The average molecular weight is 330 g/mol. The maximum Gasteiger partial charge on any atom is 0.282 e. The largest absolute Gasteiger partial charge is 0.326 e. The van der Waals surface area contributed by atoms with E-state index in [9.17, 15) is 8.42 Å². The third-order valence-electron chi connectivity index (χ3n) is 3.57. The fraction of sp³-hybridized carbons (Fsp3) is 0.278. The van der Waals surface area contributed by atoms with Crippen molar-refractivity contribution in [2.75, 3.05) is 0 Å². The zero-order valence-electron chi connectivity index (χ0n) is 13.7. The molecular formula is C18H22N2O2S. The van der Waals surface area contributed by atoms with E-state index in [0.717, 1.165) is 11.1 Å². The van der Waals surface area contributed by atoms with Crippen LogP contribution in [0.25, 0.3) is 0 Å². The van der Waals surface area contributed by atoms with Gasteiger partial charge in [-0.1, -0.05) is 57.2 Å². The molecule has 122 valence electrons. The van der Waals surface area contributed by atoms with Gasteiger partial charge in [0.15, 0.2) is 0 Å². The molecule has 0 amide bonds. The van der Waals surface area contributed by atoms with Crippen molar-refractivity contribution in [1.29, 1.82) is 0 Å². The fourth-order valence-electron chi connectivity index (χ4n) is 2.06. The lowest BCUT2D eigenvalue weighted by molar-refractivity contribution is 0.590. The van der Waals surface area contributed by atoms with Crippen LogP contribution in [0.5, 0.6) is 0 Å². The second kappa shape index (κ2) is 6.64. The number of nitrogens with zero attached hydrogens (tertiary/aromatic N) is 1. The molecule has 0 atom stereocenters. The first-order chi connectivity index (χ1) is 10.7. The lowest BCUT2D eigenvalue weighted by Crippen LogP contribution is -2.10. The first-order valence-electron chi connectivity index (χ1n) is 7.42. The molecule has 0 fully saturated rings. The molecule has 0 aliphatic carbocycles. The molecule has 23 heavy (non-hydrogen) atoms. The predicted octanol–water partition coefficient (Wildman–Crippen LogP) is 3.25. The van der Waals surface area contributed by atoms with Crippen molar-refractivity contribution in [2.24, 2.45) is 10.1 Å². The highest BCUT2D eigenvalue weighted by atomic mass is 32.2. The standard InChI is InChI=1S/C18H22N2O2S/c1-18(2,3)16-8-4-15(5-9-16)13-20-23(21,22)17-10-6-14(12-19)7-11-17/h4-11,13H,12,19H2,1-3H3/b20-13+. The number of nitrogens with two attached hydrogens (primary N) is 1. The monoisotopic (exact) mass is 330 g/mol. The highest BCUT2D eigenvalue weighted by molar-refractivity contribution is 7.90. The number of benzene rings is 2. The van der Waals surface area contributed by atoms with Gasteiger partial charge >= 0.3 is 0 Å². The van der Waals surface area contributed by atoms with E-state index in [1.807, 2.05) is 24.3 Å². The molecule has 0 aromatic heterocycles. The molecule has 5 heteroatoms. The van der Waals surface area contributed by atoms with Crippen molar-refractivity contribution in [3.05, 3.63) is 65.2 Å². The Morgan fingerprint density at radius 2 is 1.57 bits per heavy atom. The van der Waals surface area contributed by atoms with Crippen LogP contribution in [0.3, 0.4) is 0 Å². The van der Waals surface area contributed by atoms with Gasteiger partial charge in [0, 0.05) is 12.8 Å². The fourth-order valence-corrected chi connectivity index (χ4v) is 2.92. The number of sulfonamides is 1. The summed E-state index contributed by atoms with van der Waals surface area (Å²) in [7, 11) is -3.69. The number of hydrogen-bond donors (Lipinski definition) is 1. The van der Waals surface area contributed by atoms with Crippen LogP contribution in [0.4, 0.5) is 0 Å². The molecule has 0 saturated heterocycles. The van der Waals surface area contributed by atoms with Gasteiger partial charge in [0.25, 0.3) is 10.0 Å². The van der Waals surface area contributed by atoms with Crippen molar-refractivity contribution >= 4 is 16.2 Å². The molecule has 2 rings (SSSR count). The van der Waals surface area contributed by atoms with Crippen molar-refractivity contribution < 1.29 is 8.42 Å². The predicted molar refractivity (Wildman–Crippen MR) is 94.3 cm³/mol. The zero-order chi connectivity index (χ0) is 17.1. The van der Waals surface area contributed by atoms with Crippen LogP contribution in [0.2, 0.25) is 0 Å². The molecule has 0 heterocycles. The molecule has 2 aromatic rings. The summed E-state index contributed by atoms with van der Waals surface area (Å²) >= 11 is 0. The van der Waals surface area contributed by atoms with Crippen molar-refractivity contribution in [3.63, 3.8) is 0 Å². The Kier molecular flexibility index (Phi) is 5.02. The smallest absolute Gasteiger partial charge is 0.282 e. The third kappa shape index (κ3) is 4.50. The minimum absolute atomic E-state index is 0.0620. The summed E-state index contributed by atoms with van der Waals surface area (Å²) in [5, 5.41) is 0. The Hall–Kier alpha value is -1.98. The third-order valence-corrected chi connectivity index (χ3v) is 4.83. The molecule has 2 aromatic carbocycles. The molecule has 0 radical (unpaired) electrons. The molecule has 0 spiro atoms. The van der Waals surface area contributed by atoms with E-state index in [4.69, 9.17) is 5.73 Å². The molecule has 4 nitrogen and oxygen atoms in total. The van der Waals surface area contributed by atoms with Crippen LogP contribution < -0.4 is 5.73 Å². The number of hydrogen-bond acceptors (Lipinski definition) is 3. The molecule has 0 aliphatic rings. The Morgan fingerprint density at radius 3 is 2.04 bits per heavy atom. The van der Waals surface area contributed by atoms with Gasteiger partial charge in [-0.15, -0.1) is 0 Å². The normalized spacial score (nSPS) is 12.7. The maximum absolute atomic E-state index is 12.2. The lowest BCUT2D eigenvalue weighted by Gasteiger charge is -2.18. The summed E-state index contributed by atoms with van der Waals surface area (Å²) in [6.45, 7) is 6.77. The topological polar surface area (TPSA) is 72.5 Å². The highest BCUT2D eigenvalue weighted by Crippen LogP contribution is 2.22. The van der Waals surface area contributed by atoms with E-state index in [1.165, 1.54) is 23.9 Å². The number of rotatable bonds is 4. The highest BCUT2D eigenvalue weighted by Gasteiger charge is 2.13. The minimum Gasteiger partial charge on any atom is -0.326 e. The van der Waals surface area contributed by atoms with Crippen molar-refractivity contribution in [2.45, 2.75) is 37.6 Å². The quantitative estimate of drug-likeness (QED) is 0.875. The van der Waals surface area contributed by atoms with Crippen LogP contribution in [-0.4, -0.2) is 14.6 Å². The van der Waals surface area contributed by atoms with Gasteiger partial charge in [-0.3, -0.25) is 0 Å². The van der Waals surface area contributed by atoms with Gasteiger partial charge in [-0.2, -0.15) is 12.8 Å². The zero-order valence-corrected chi connectivity index (χ0v) is 14.5. The molecular weight excluding hydrogens is 308 g/mol. The summed E-state index contributed by atoms with van der Waals surface area (Å²) in [5.41, 5.74) is 8.39. The van der Waals surface area contributed by atoms with Crippen LogP contribution in [-0.2, 0) is 22.0 Å². The Bertz CT molecular complexity index is 784. The van der Waals surface area contributed by atoms with Crippen LogP contribution in [0.15, 0.2) is 57.8 Å². The second-order valence-electron chi connectivity index (χ2n) is 6.43. The Labute approximate surface area is 138 Å². The SMILES string of the molecule is CC(C)(C)c1ccc(/C=N/S(=O)(=O)c2ccc(CN)cc2)cc1. The van der Waals surface area contributed by atoms with E-state index in [2.05, 4.69) is 25.2 Å². The van der Waals surface area contributed by atoms with Gasteiger partial charge in [0.05, 0.1) is 4.90 Å². The Balaban J connectivity index is 2.20. The Morgan fingerprint density at radius 1 is 1.00 bits per heavy atom. The first kappa shape index (κ1) is 17.4. The van der Waals surface area contributed by atoms with Crippen LogP contribution in [0.1, 0.15) is 37.5 Å². The van der Waals surface area contributed by atoms with Crippen molar-refractivity contribution in [1.82, 2.24) is 0 Å². The van der Waals surface area contributed by atoms with Crippen molar-refractivity contribution in [3.8, 4) is 0 Å². The average Bonchev–Trinajstić information content (AvgIpc) is 2.53. The summed E-state index contributed by atoms with van der Waals surface area (Å²) in [6.07, 6.45) is 1.37. The van der Waals surface area contributed by atoms with Gasteiger partial charge in [0.1, 0.15) is 0 Å². The summed E-state index contributed by atoms with van der Waals surface area (Å²) < 4.78 is 28.2. The second-order valence-corrected chi connectivity index (χ2v) is 8.06. The van der Waals surface area contributed by atoms with Gasteiger partial charge in [-0.05, 0) is 34.2 Å². The van der Waals surface area contributed by atoms with Gasteiger partial charge < -0.3 is 5.73 Å². The maximum atomic E-state index is 12.2. The van der Waals surface area contributed by atoms with E-state index in [-0.39, 0.29) is 10.3 Å². The van der Waals surface area contributed by atoms with Gasteiger partial charge in [0.2, 0.25) is 0 Å². The lowest BCUT2D eigenvalue weighted by atomic mass is 9.87. The summed E-state index contributed by atoms with van der Waals surface area (Å²) in [6, 6.07) is 14.2. The first-order valence-corrected chi connectivity index (χ1v) is 8.86. The van der Waals surface area contributed by atoms with E-state index >= 15 is 0 Å². The van der Waals surface area contributed by atoms with Crippen LogP contribution >= 0.6 is 0 Å².